The number of rotatable bonds is 0. The number of fused-ring (bicyclic) bond motifs is 3. The summed E-state index contributed by atoms with van der Waals surface area (Å²) in [5.41, 5.74) is 3.09. The summed E-state index contributed by atoms with van der Waals surface area (Å²) >= 11 is 13.6. The molecule has 15 heavy (non-hydrogen) atoms. The molecule has 0 unspecified atom stereocenters. The third-order valence-electron chi connectivity index (χ3n) is 2.53. The highest BCUT2D eigenvalue weighted by Gasteiger charge is 2.22. The number of hydrogen-bond acceptors (Lipinski definition) is 3. The van der Waals surface area contributed by atoms with Crippen LogP contribution in [0.3, 0.4) is 0 Å². The summed E-state index contributed by atoms with van der Waals surface area (Å²) in [7, 11) is 0. The molecule has 5 heteroatoms. The van der Waals surface area contributed by atoms with Gasteiger partial charge in [-0.2, -0.15) is 0 Å². The highest BCUT2D eigenvalue weighted by Crippen LogP contribution is 2.37. The van der Waals surface area contributed by atoms with Crippen molar-refractivity contribution < 1.29 is 0 Å². The van der Waals surface area contributed by atoms with Crippen LogP contribution in [0.15, 0.2) is 11.4 Å². The first kappa shape index (κ1) is 9.58. The van der Waals surface area contributed by atoms with Crippen molar-refractivity contribution in [2.24, 2.45) is 0 Å². The lowest BCUT2D eigenvalue weighted by molar-refractivity contribution is 0.929. The minimum Gasteiger partial charge on any atom is -0.217 e. The van der Waals surface area contributed by atoms with Gasteiger partial charge in [0.05, 0.1) is 5.69 Å². The van der Waals surface area contributed by atoms with E-state index in [-0.39, 0.29) is 5.28 Å². The smallest absolute Gasteiger partial charge is 0.217 e. The number of aryl methyl sites for hydroxylation is 1. The fourth-order valence-electron chi connectivity index (χ4n) is 1.86. The van der Waals surface area contributed by atoms with Gasteiger partial charge in [0.2, 0.25) is 5.28 Å². The van der Waals surface area contributed by atoms with E-state index < -0.39 is 0 Å². The molecule has 0 aromatic carbocycles. The van der Waals surface area contributed by atoms with E-state index in [0.29, 0.717) is 5.15 Å². The van der Waals surface area contributed by atoms with Crippen LogP contribution in [0.5, 0.6) is 0 Å². The summed E-state index contributed by atoms with van der Waals surface area (Å²) in [5, 5.41) is 2.78. The van der Waals surface area contributed by atoms with E-state index >= 15 is 0 Å². The first-order chi connectivity index (χ1) is 7.25. The molecule has 0 N–H and O–H groups in total. The third kappa shape index (κ3) is 1.46. The Morgan fingerprint density at radius 2 is 2.07 bits per heavy atom. The van der Waals surface area contributed by atoms with Crippen molar-refractivity contribution in [1.82, 2.24) is 9.97 Å². The summed E-state index contributed by atoms with van der Waals surface area (Å²) in [6.07, 6.45) is 1.92. The van der Waals surface area contributed by atoms with Gasteiger partial charge in [0.1, 0.15) is 5.15 Å². The van der Waals surface area contributed by atoms with Crippen LogP contribution < -0.4 is 0 Å². The van der Waals surface area contributed by atoms with E-state index in [4.69, 9.17) is 23.2 Å². The largest absolute Gasteiger partial charge is 0.224 e. The van der Waals surface area contributed by atoms with Crippen molar-refractivity contribution in [3.05, 3.63) is 32.3 Å². The second kappa shape index (κ2) is 3.44. The van der Waals surface area contributed by atoms with Crippen LogP contribution in [0, 0.1) is 0 Å². The Morgan fingerprint density at radius 1 is 1.20 bits per heavy atom. The molecule has 0 amide bonds. The van der Waals surface area contributed by atoms with Gasteiger partial charge in [-0.25, -0.2) is 9.97 Å². The maximum absolute atomic E-state index is 6.05. The summed E-state index contributed by atoms with van der Waals surface area (Å²) in [6, 6.07) is 2.07. The van der Waals surface area contributed by atoms with Crippen molar-refractivity contribution in [3.63, 3.8) is 0 Å². The van der Waals surface area contributed by atoms with Crippen LogP contribution in [0.4, 0.5) is 0 Å². The van der Waals surface area contributed by atoms with Gasteiger partial charge < -0.3 is 0 Å². The molecule has 2 heterocycles. The maximum Gasteiger partial charge on any atom is 0.224 e. The van der Waals surface area contributed by atoms with Gasteiger partial charge in [0.25, 0.3) is 0 Å². The zero-order chi connectivity index (χ0) is 10.4. The highest BCUT2D eigenvalue weighted by atomic mass is 35.5. The molecular formula is C10H6Cl2N2S. The predicted octanol–water partition coefficient (Wildman–Crippen LogP) is 3.61. The Bertz CT molecular complexity index is 536. The molecule has 1 aliphatic carbocycles. The monoisotopic (exact) mass is 256 g/mol. The second-order valence-corrected chi connectivity index (χ2v) is 5.06. The Kier molecular flexibility index (Phi) is 2.20. The molecular weight excluding hydrogens is 251 g/mol. The van der Waals surface area contributed by atoms with Gasteiger partial charge in [-0.05, 0) is 35.9 Å². The first-order valence-electron chi connectivity index (χ1n) is 4.54. The predicted molar refractivity (Wildman–Crippen MR) is 62.8 cm³/mol. The first-order valence-corrected chi connectivity index (χ1v) is 6.18. The Morgan fingerprint density at radius 3 is 2.93 bits per heavy atom. The third-order valence-corrected chi connectivity index (χ3v) is 3.99. The zero-order valence-electron chi connectivity index (χ0n) is 7.63. The number of aromatic nitrogens is 2. The molecule has 2 aromatic rings. The number of halogens is 2. The van der Waals surface area contributed by atoms with Crippen molar-refractivity contribution in [2.75, 3.05) is 0 Å². The average molecular weight is 257 g/mol. The molecule has 3 rings (SSSR count). The fraction of sp³-hybridized carbons (Fsp3) is 0.200. The van der Waals surface area contributed by atoms with Crippen LogP contribution in [0.25, 0.3) is 11.3 Å². The van der Waals surface area contributed by atoms with Crippen molar-refractivity contribution in [2.45, 2.75) is 12.8 Å². The molecule has 0 saturated heterocycles. The molecule has 0 bridgehead atoms. The molecule has 0 fully saturated rings. The molecule has 0 atom stereocenters. The molecule has 1 aliphatic rings. The molecule has 2 nitrogen and oxygen atoms in total. The van der Waals surface area contributed by atoms with Crippen LogP contribution >= 0.6 is 34.5 Å². The van der Waals surface area contributed by atoms with E-state index in [9.17, 15) is 0 Å². The summed E-state index contributed by atoms with van der Waals surface area (Å²) in [4.78, 5) is 9.59. The van der Waals surface area contributed by atoms with E-state index in [1.165, 1.54) is 4.88 Å². The average Bonchev–Trinajstić information content (AvgIpc) is 2.65. The van der Waals surface area contributed by atoms with E-state index in [1.807, 2.05) is 0 Å². The van der Waals surface area contributed by atoms with Gasteiger partial charge in [-0.1, -0.05) is 11.6 Å². The Balaban J connectivity index is 2.32. The minimum atomic E-state index is 0.220. The Labute approximate surface area is 101 Å². The quantitative estimate of drug-likeness (QED) is 0.532. The lowest BCUT2D eigenvalue weighted by atomic mass is 9.96. The van der Waals surface area contributed by atoms with Gasteiger partial charge in [0, 0.05) is 16.0 Å². The topological polar surface area (TPSA) is 25.8 Å². The zero-order valence-corrected chi connectivity index (χ0v) is 9.96. The SMILES string of the molecule is Clc1nc(Cl)c2c(n1)-c1ccsc1CC2. The van der Waals surface area contributed by atoms with Gasteiger partial charge in [-0.15, -0.1) is 11.3 Å². The lowest BCUT2D eigenvalue weighted by Crippen LogP contribution is -2.05. The fourth-order valence-corrected chi connectivity index (χ4v) is 3.22. The Hall–Kier alpha value is -0.640. The number of nitrogens with zero attached hydrogens (tertiary/aromatic N) is 2. The van der Waals surface area contributed by atoms with Crippen molar-refractivity contribution in [3.8, 4) is 11.3 Å². The lowest BCUT2D eigenvalue weighted by Gasteiger charge is -2.15. The van der Waals surface area contributed by atoms with Crippen molar-refractivity contribution >= 4 is 34.5 Å². The molecule has 76 valence electrons. The molecule has 0 radical (unpaired) electrons. The molecule has 2 aromatic heterocycles. The van der Waals surface area contributed by atoms with Crippen LogP contribution in [0.2, 0.25) is 10.4 Å². The second-order valence-electron chi connectivity index (χ2n) is 3.37. The van der Waals surface area contributed by atoms with Crippen molar-refractivity contribution in [1.29, 1.82) is 0 Å². The van der Waals surface area contributed by atoms with Gasteiger partial charge >= 0.3 is 0 Å². The number of hydrogen-bond donors (Lipinski definition) is 0. The van der Waals surface area contributed by atoms with Crippen LogP contribution in [-0.2, 0) is 12.8 Å². The standard InChI is InChI=1S/C10H6Cl2N2S/c11-9-6-1-2-7-5(3-4-15-7)8(6)13-10(12)14-9/h3-4H,1-2H2. The normalized spacial score (nSPS) is 13.5. The van der Waals surface area contributed by atoms with E-state index in [2.05, 4.69) is 21.4 Å². The molecule has 0 saturated carbocycles. The van der Waals surface area contributed by atoms with Crippen LogP contribution in [0.1, 0.15) is 10.4 Å². The van der Waals surface area contributed by atoms with Crippen LogP contribution in [-0.4, -0.2) is 9.97 Å². The van der Waals surface area contributed by atoms with Gasteiger partial charge in [0.15, 0.2) is 0 Å². The maximum atomic E-state index is 6.05. The summed E-state index contributed by atoms with van der Waals surface area (Å²) < 4.78 is 0. The minimum absolute atomic E-state index is 0.220. The highest BCUT2D eigenvalue weighted by molar-refractivity contribution is 7.10. The summed E-state index contributed by atoms with van der Waals surface area (Å²) in [6.45, 7) is 0. The molecule has 0 aliphatic heterocycles. The van der Waals surface area contributed by atoms with E-state index in [1.54, 1.807) is 11.3 Å². The number of thiophene rings is 1. The van der Waals surface area contributed by atoms with Gasteiger partial charge in [-0.3, -0.25) is 0 Å². The summed E-state index contributed by atoms with van der Waals surface area (Å²) in [5.74, 6) is 0. The molecule has 0 spiro atoms. The van der Waals surface area contributed by atoms with E-state index in [0.717, 1.165) is 29.7 Å².